The Morgan fingerprint density at radius 3 is 2.94 bits per heavy atom. The molecule has 2 aliphatic rings. The molecule has 0 bridgehead atoms. The first kappa shape index (κ1) is 13.6. The van der Waals surface area contributed by atoms with Crippen molar-refractivity contribution in [3.63, 3.8) is 0 Å². The van der Waals surface area contributed by atoms with E-state index in [1.165, 1.54) is 0 Å². The van der Waals surface area contributed by atoms with E-state index < -0.39 is 5.60 Å². The number of carbonyl (C=O) groups is 1. The second-order valence-electron chi connectivity index (χ2n) is 6.04. The molecule has 5 heteroatoms. The lowest BCUT2D eigenvalue weighted by atomic mass is 10.0. The summed E-state index contributed by atoms with van der Waals surface area (Å²) in [5.41, 5.74) is -0.434. The first-order valence-electron chi connectivity index (χ1n) is 6.78. The highest BCUT2D eigenvalue weighted by molar-refractivity contribution is 5.68. The minimum Gasteiger partial charge on any atom is -0.444 e. The second-order valence-corrected chi connectivity index (χ2v) is 6.04. The molecule has 2 fully saturated rings. The maximum absolute atomic E-state index is 12.0. The number of nitrogens with zero attached hydrogens (tertiary/aromatic N) is 1. The molecule has 5 nitrogen and oxygen atoms in total. The van der Waals surface area contributed by atoms with E-state index in [9.17, 15) is 4.79 Å². The molecule has 2 aliphatic heterocycles. The largest absolute Gasteiger partial charge is 0.444 e. The summed E-state index contributed by atoms with van der Waals surface area (Å²) in [5.74, 6) is 0. The second kappa shape index (κ2) is 5.45. The Balaban J connectivity index is 1.91. The van der Waals surface area contributed by atoms with Crippen LogP contribution in [0.4, 0.5) is 4.79 Å². The summed E-state index contributed by atoms with van der Waals surface area (Å²) in [6, 6.07) is 0.381. The van der Waals surface area contributed by atoms with E-state index in [1.54, 1.807) is 4.90 Å². The average molecular weight is 256 g/mol. The van der Waals surface area contributed by atoms with Gasteiger partial charge in [0.15, 0.2) is 0 Å². The summed E-state index contributed by atoms with van der Waals surface area (Å²) in [6.07, 6.45) is 1.85. The van der Waals surface area contributed by atoms with Crippen LogP contribution in [0.2, 0.25) is 0 Å². The van der Waals surface area contributed by atoms with E-state index in [1.807, 2.05) is 20.8 Å². The molecule has 2 atom stereocenters. The van der Waals surface area contributed by atoms with E-state index >= 15 is 0 Å². The molecule has 1 amide bonds. The van der Waals surface area contributed by atoms with Gasteiger partial charge in [0.2, 0.25) is 0 Å². The van der Waals surface area contributed by atoms with Crippen LogP contribution in [-0.4, -0.2) is 55.0 Å². The Bertz CT molecular complexity index is 301. The highest BCUT2D eigenvalue weighted by Gasteiger charge is 2.34. The minimum atomic E-state index is -0.434. The van der Waals surface area contributed by atoms with Crippen LogP contribution in [0.5, 0.6) is 0 Å². The number of piperidine rings is 1. The van der Waals surface area contributed by atoms with E-state index in [0.29, 0.717) is 12.6 Å². The molecule has 0 aromatic carbocycles. The van der Waals surface area contributed by atoms with Gasteiger partial charge in [0.1, 0.15) is 5.60 Å². The maximum Gasteiger partial charge on any atom is 0.410 e. The highest BCUT2D eigenvalue weighted by atomic mass is 16.6. The summed E-state index contributed by atoms with van der Waals surface area (Å²) < 4.78 is 11.2. The molecule has 18 heavy (non-hydrogen) atoms. The molecule has 0 aliphatic carbocycles. The molecule has 0 aromatic heterocycles. The van der Waals surface area contributed by atoms with Crippen molar-refractivity contribution in [3.8, 4) is 0 Å². The van der Waals surface area contributed by atoms with Crippen molar-refractivity contribution in [3.05, 3.63) is 0 Å². The van der Waals surface area contributed by atoms with Gasteiger partial charge < -0.3 is 19.7 Å². The van der Waals surface area contributed by atoms with Crippen molar-refractivity contribution < 1.29 is 14.3 Å². The van der Waals surface area contributed by atoms with Crippen molar-refractivity contribution in [2.45, 2.75) is 51.4 Å². The molecule has 2 saturated heterocycles. The number of hydrogen-bond acceptors (Lipinski definition) is 4. The molecular weight excluding hydrogens is 232 g/mol. The SMILES string of the molecule is CC(C)(C)OC(=O)N1CCC2NCCCOC2C1. The van der Waals surface area contributed by atoms with Gasteiger partial charge in [0.25, 0.3) is 0 Å². The number of ether oxygens (including phenoxy) is 2. The molecule has 104 valence electrons. The molecule has 2 unspecified atom stereocenters. The normalized spacial score (nSPS) is 29.4. The summed E-state index contributed by atoms with van der Waals surface area (Å²) in [4.78, 5) is 13.8. The predicted molar refractivity (Wildman–Crippen MR) is 68.6 cm³/mol. The molecule has 0 aromatic rings. The van der Waals surface area contributed by atoms with E-state index in [2.05, 4.69) is 5.32 Å². The Morgan fingerprint density at radius 2 is 2.22 bits per heavy atom. The van der Waals surface area contributed by atoms with Gasteiger partial charge in [0.05, 0.1) is 12.6 Å². The van der Waals surface area contributed by atoms with E-state index in [0.717, 1.165) is 32.5 Å². The third kappa shape index (κ3) is 3.59. The summed E-state index contributed by atoms with van der Waals surface area (Å²) in [6.45, 7) is 8.83. The topological polar surface area (TPSA) is 50.8 Å². The quantitative estimate of drug-likeness (QED) is 0.711. The number of carbonyl (C=O) groups excluding carboxylic acids is 1. The van der Waals surface area contributed by atoms with Gasteiger partial charge in [-0.25, -0.2) is 4.79 Å². The van der Waals surface area contributed by atoms with E-state index in [-0.39, 0.29) is 12.2 Å². The lowest BCUT2D eigenvalue weighted by Crippen LogP contribution is -2.54. The van der Waals surface area contributed by atoms with Crippen LogP contribution >= 0.6 is 0 Å². The maximum atomic E-state index is 12.0. The first-order valence-corrected chi connectivity index (χ1v) is 6.78. The third-order valence-electron chi connectivity index (χ3n) is 3.27. The van der Waals surface area contributed by atoms with Crippen molar-refractivity contribution in [1.29, 1.82) is 0 Å². The summed E-state index contributed by atoms with van der Waals surface area (Å²) in [5, 5.41) is 3.49. The number of amides is 1. The molecule has 1 N–H and O–H groups in total. The fraction of sp³-hybridized carbons (Fsp3) is 0.923. The van der Waals surface area contributed by atoms with Crippen LogP contribution in [0.25, 0.3) is 0 Å². The molecule has 0 spiro atoms. The zero-order valence-electron chi connectivity index (χ0n) is 11.6. The van der Waals surface area contributed by atoms with Crippen molar-refractivity contribution in [2.24, 2.45) is 0 Å². The number of nitrogens with one attached hydrogen (secondary N) is 1. The Kier molecular flexibility index (Phi) is 4.12. The highest BCUT2D eigenvalue weighted by Crippen LogP contribution is 2.19. The molecule has 0 radical (unpaired) electrons. The molecule has 2 heterocycles. The fourth-order valence-electron chi connectivity index (χ4n) is 2.41. The van der Waals surface area contributed by atoms with Crippen molar-refractivity contribution >= 4 is 6.09 Å². The lowest BCUT2D eigenvalue weighted by Gasteiger charge is -2.38. The van der Waals surface area contributed by atoms with Crippen LogP contribution < -0.4 is 5.32 Å². The van der Waals surface area contributed by atoms with Gasteiger partial charge in [0, 0.05) is 19.2 Å². The van der Waals surface area contributed by atoms with Crippen LogP contribution in [-0.2, 0) is 9.47 Å². The predicted octanol–water partition coefficient (Wildman–Crippen LogP) is 1.37. The Hall–Kier alpha value is -0.810. The molecule has 0 saturated carbocycles. The van der Waals surface area contributed by atoms with Crippen LogP contribution in [0.1, 0.15) is 33.6 Å². The minimum absolute atomic E-state index is 0.105. The number of rotatable bonds is 0. The summed E-state index contributed by atoms with van der Waals surface area (Å²) >= 11 is 0. The number of likely N-dealkylation sites (tertiary alicyclic amines) is 1. The Morgan fingerprint density at radius 1 is 1.44 bits per heavy atom. The van der Waals surface area contributed by atoms with Gasteiger partial charge >= 0.3 is 6.09 Å². The van der Waals surface area contributed by atoms with Crippen LogP contribution in [0.3, 0.4) is 0 Å². The van der Waals surface area contributed by atoms with E-state index in [4.69, 9.17) is 9.47 Å². The zero-order valence-corrected chi connectivity index (χ0v) is 11.6. The van der Waals surface area contributed by atoms with Crippen molar-refractivity contribution in [2.75, 3.05) is 26.2 Å². The Labute approximate surface area is 109 Å². The van der Waals surface area contributed by atoms with Gasteiger partial charge in [-0.2, -0.15) is 0 Å². The zero-order chi connectivity index (χ0) is 13.2. The fourth-order valence-corrected chi connectivity index (χ4v) is 2.41. The van der Waals surface area contributed by atoms with Crippen LogP contribution in [0.15, 0.2) is 0 Å². The van der Waals surface area contributed by atoms with Gasteiger partial charge in [-0.05, 0) is 40.2 Å². The third-order valence-corrected chi connectivity index (χ3v) is 3.27. The van der Waals surface area contributed by atoms with Gasteiger partial charge in [-0.1, -0.05) is 0 Å². The molecule has 2 rings (SSSR count). The first-order chi connectivity index (χ1) is 8.46. The summed E-state index contributed by atoms with van der Waals surface area (Å²) in [7, 11) is 0. The number of fused-ring (bicyclic) bond motifs is 1. The van der Waals surface area contributed by atoms with Gasteiger partial charge in [-0.15, -0.1) is 0 Å². The monoisotopic (exact) mass is 256 g/mol. The van der Waals surface area contributed by atoms with Gasteiger partial charge in [-0.3, -0.25) is 0 Å². The average Bonchev–Trinajstić information content (AvgIpc) is 2.50. The van der Waals surface area contributed by atoms with Crippen LogP contribution in [0, 0.1) is 0 Å². The van der Waals surface area contributed by atoms with Crippen molar-refractivity contribution in [1.82, 2.24) is 10.2 Å². The standard InChI is InChI=1S/C13H24N2O3/c1-13(2,3)18-12(16)15-7-5-10-11(9-15)17-8-4-6-14-10/h10-11,14H,4-9H2,1-3H3. The molecular formula is C13H24N2O3. The number of hydrogen-bond donors (Lipinski definition) is 1. The lowest BCUT2D eigenvalue weighted by molar-refractivity contribution is -0.0257. The smallest absolute Gasteiger partial charge is 0.410 e.